The molecule has 1 saturated heterocycles. The third-order valence-corrected chi connectivity index (χ3v) is 3.87. The van der Waals surface area contributed by atoms with Crippen molar-refractivity contribution in [2.75, 3.05) is 38.2 Å². The predicted octanol–water partition coefficient (Wildman–Crippen LogP) is 1.94. The van der Waals surface area contributed by atoms with Gasteiger partial charge in [-0.15, -0.1) is 0 Å². The van der Waals surface area contributed by atoms with Gasteiger partial charge >= 0.3 is 6.09 Å². The van der Waals surface area contributed by atoms with E-state index in [0.717, 1.165) is 17.2 Å². The van der Waals surface area contributed by atoms with E-state index in [0.29, 0.717) is 37.6 Å². The third-order valence-electron chi connectivity index (χ3n) is 3.87. The molecule has 2 aromatic rings. The van der Waals surface area contributed by atoms with Crippen molar-refractivity contribution in [3.05, 3.63) is 35.9 Å². The fourth-order valence-corrected chi connectivity index (χ4v) is 2.69. The Hall–Kier alpha value is -2.63. The van der Waals surface area contributed by atoms with Crippen LogP contribution in [0.15, 0.2) is 30.3 Å². The summed E-state index contributed by atoms with van der Waals surface area (Å²) in [6, 6.07) is 9.58. The number of rotatable bonds is 2. The molecule has 0 radical (unpaired) electrons. The lowest BCUT2D eigenvalue weighted by atomic mass is 10.1. The summed E-state index contributed by atoms with van der Waals surface area (Å²) in [5.41, 5.74) is 1.43. The summed E-state index contributed by atoms with van der Waals surface area (Å²) in [5, 5.41) is 0.946. The van der Waals surface area contributed by atoms with Crippen molar-refractivity contribution in [3.8, 4) is 0 Å². The summed E-state index contributed by atoms with van der Waals surface area (Å²) >= 11 is 0. The first-order valence-electron chi connectivity index (χ1n) is 7.15. The van der Waals surface area contributed by atoms with E-state index in [1.807, 2.05) is 35.2 Å². The lowest BCUT2D eigenvalue weighted by Gasteiger charge is -2.35. The van der Waals surface area contributed by atoms with E-state index >= 15 is 0 Å². The minimum atomic E-state index is -0.318. The zero-order valence-corrected chi connectivity index (χ0v) is 12.4. The number of aldehydes is 1. The molecule has 0 aliphatic carbocycles. The molecule has 0 spiro atoms. The molecule has 114 valence electrons. The molecule has 6 nitrogen and oxygen atoms in total. The summed E-state index contributed by atoms with van der Waals surface area (Å²) in [7, 11) is 1.38. The van der Waals surface area contributed by atoms with Gasteiger partial charge in [0, 0.05) is 31.6 Å². The lowest BCUT2D eigenvalue weighted by Crippen LogP contribution is -2.49. The standard InChI is InChI=1S/C16H17N3O3/c1-22-16(21)19-8-6-18(7-9-19)15-13(11-20)10-12-4-2-3-5-14(12)17-15/h2-5,10-11H,6-9H2,1H3. The molecule has 1 aromatic heterocycles. The highest BCUT2D eigenvalue weighted by Gasteiger charge is 2.24. The van der Waals surface area contributed by atoms with Crippen molar-refractivity contribution in [3.63, 3.8) is 0 Å². The highest BCUT2D eigenvalue weighted by Crippen LogP contribution is 2.23. The van der Waals surface area contributed by atoms with Crippen molar-refractivity contribution in [2.24, 2.45) is 0 Å². The number of carbonyl (C=O) groups is 2. The predicted molar refractivity (Wildman–Crippen MR) is 83.3 cm³/mol. The number of para-hydroxylation sites is 1. The second kappa shape index (κ2) is 6.01. The van der Waals surface area contributed by atoms with E-state index in [9.17, 15) is 9.59 Å². The summed E-state index contributed by atoms with van der Waals surface area (Å²) in [4.78, 5) is 31.2. The average molecular weight is 299 g/mol. The summed E-state index contributed by atoms with van der Waals surface area (Å²) in [6.07, 6.45) is 0.517. The van der Waals surface area contributed by atoms with Crippen molar-refractivity contribution in [1.29, 1.82) is 0 Å². The van der Waals surface area contributed by atoms with Crippen LogP contribution in [0.3, 0.4) is 0 Å². The smallest absolute Gasteiger partial charge is 0.409 e. The van der Waals surface area contributed by atoms with Crippen molar-refractivity contribution in [2.45, 2.75) is 0 Å². The molecule has 2 heterocycles. The number of hydrogen-bond donors (Lipinski definition) is 0. The Kier molecular flexibility index (Phi) is 3.91. The van der Waals surface area contributed by atoms with Gasteiger partial charge in [-0.3, -0.25) is 4.79 Å². The zero-order valence-electron chi connectivity index (χ0n) is 12.4. The molecule has 0 N–H and O–H groups in total. The largest absolute Gasteiger partial charge is 0.453 e. The second-order valence-electron chi connectivity index (χ2n) is 5.16. The maximum Gasteiger partial charge on any atom is 0.409 e. The maximum absolute atomic E-state index is 11.5. The topological polar surface area (TPSA) is 62.7 Å². The maximum atomic E-state index is 11.5. The van der Waals surface area contributed by atoms with Crippen LogP contribution >= 0.6 is 0 Å². The number of hydrogen-bond acceptors (Lipinski definition) is 5. The van der Waals surface area contributed by atoms with E-state index in [1.54, 1.807) is 4.90 Å². The monoisotopic (exact) mass is 299 g/mol. The molecule has 0 bridgehead atoms. The van der Waals surface area contributed by atoms with Gasteiger partial charge in [-0.25, -0.2) is 9.78 Å². The fraction of sp³-hybridized carbons (Fsp3) is 0.312. The van der Waals surface area contributed by atoms with E-state index in [1.165, 1.54) is 7.11 Å². The molecule has 0 saturated carbocycles. The normalized spacial score (nSPS) is 15.0. The number of aromatic nitrogens is 1. The fourth-order valence-electron chi connectivity index (χ4n) is 2.69. The second-order valence-corrected chi connectivity index (χ2v) is 5.16. The Morgan fingerprint density at radius 1 is 1.23 bits per heavy atom. The number of pyridine rings is 1. The van der Waals surface area contributed by atoms with Crippen LogP contribution in [-0.4, -0.2) is 55.6 Å². The van der Waals surface area contributed by atoms with Crippen LogP contribution in [0.5, 0.6) is 0 Å². The third kappa shape index (κ3) is 2.59. The highest BCUT2D eigenvalue weighted by atomic mass is 16.5. The minimum absolute atomic E-state index is 0.318. The van der Waals surface area contributed by atoms with Crippen LogP contribution in [0.25, 0.3) is 10.9 Å². The molecule has 0 unspecified atom stereocenters. The van der Waals surface area contributed by atoms with Crippen LogP contribution < -0.4 is 4.90 Å². The number of piperazine rings is 1. The van der Waals surface area contributed by atoms with Gasteiger partial charge in [-0.05, 0) is 12.1 Å². The van der Waals surface area contributed by atoms with Crippen molar-refractivity contribution < 1.29 is 14.3 Å². The number of benzene rings is 1. The molecular weight excluding hydrogens is 282 g/mol. The quantitative estimate of drug-likeness (QED) is 0.793. The SMILES string of the molecule is COC(=O)N1CCN(c2nc3ccccc3cc2C=O)CC1. The van der Waals surface area contributed by atoms with Crippen LogP contribution in [0.2, 0.25) is 0 Å². The summed E-state index contributed by atoms with van der Waals surface area (Å²) < 4.78 is 4.73. The van der Waals surface area contributed by atoms with Gasteiger partial charge in [-0.1, -0.05) is 18.2 Å². The molecular formula is C16H17N3O3. The van der Waals surface area contributed by atoms with Gasteiger partial charge in [0.15, 0.2) is 6.29 Å². The zero-order chi connectivity index (χ0) is 15.5. The van der Waals surface area contributed by atoms with Gasteiger partial charge in [0.05, 0.1) is 18.2 Å². The number of amides is 1. The number of anilines is 1. The first kappa shape index (κ1) is 14.3. The van der Waals surface area contributed by atoms with Crippen LogP contribution in [0.4, 0.5) is 10.6 Å². The van der Waals surface area contributed by atoms with Crippen molar-refractivity contribution >= 4 is 29.1 Å². The number of nitrogens with zero attached hydrogens (tertiary/aromatic N) is 3. The summed E-state index contributed by atoms with van der Waals surface area (Å²) in [6.45, 7) is 2.36. The number of ether oxygens (including phenoxy) is 1. The highest BCUT2D eigenvalue weighted by molar-refractivity contribution is 5.91. The molecule has 1 aliphatic rings. The molecule has 0 atom stereocenters. The molecule has 1 amide bonds. The van der Waals surface area contributed by atoms with Gasteiger partial charge in [0.25, 0.3) is 0 Å². The van der Waals surface area contributed by atoms with Crippen LogP contribution in [0.1, 0.15) is 10.4 Å². The molecule has 3 rings (SSSR count). The Bertz CT molecular complexity index is 709. The van der Waals surface area contributed by atoms with E-state index < -0.39 is 0 Å². The van der Waals surface area contributed by atoms with Crippen LogP contribution in [0, 0.1) is 0 Å². The Balaban J connectivity index is 1.87. The molecule has 22 heavy (non-hydrogen) atoms. The Morgan fingerprint density at radius 2 is 1.95 bits per heavy atom. The first-order valence-corrected chi connectivity index (χ1v) is 7.15. The molecule has 1 fully saturated rings. The molecule has 1 aromatic carbocycles. The Morgan fingerprint density at radius 3 is 2.64 bits per heavy atom. The van der Waals surface area contributed by atoms with E-state index in [-0.39, 0.29) is 6.09 Å². The Labute approximate surface area is 128 Å². The van der Waals surface area contributed by atoms with E-state index in [2.05, 4.69) is 4.98 Å². The molecule has 1 aliphatic heterocycles. The lowest BCUT2D eigenvalue weighted by molar-refractivity contribution is 0.112. The first-order chi connectivity index (χ1) is 10.7. The van der Waals surface area contributed by atoms with Gasteiger partial charge < -0.3 is 14.5 Å². The summed E-state index contributed by atoms with van der Waals surface area (Å²) in [5.74, 6) is 0.679. The number of fused-ring (bicyclic) bond motifs is 1. The molecule has 6 heteroatoms. The van der Waals surface area contributed by atoms with Crippen molar-refractivity contribution in [1.82, 2.24) is 9.88 Å². The van der Waals surface area contributed by atoms with Gasteiger partial charge in [0.1, 0.15) is 5.82 Å². The number of carbonyl (C=O) groups excluding carboxylic acids is 2. The van der Waals surface area contributed by atoms with Crippen LogP contribution in [-0.2, 0) is 4.74 Å². The van der Waals surface area contributed by atoms with E-state index in [4.69, 9.17) is 4.74 Å². The van der Waals surface area contributed by atoms with Gasteiger partial charge in [-0.2, -0.15) is 0 Å². The van der Waals surface area contributed by atoms with Gasteiger partial charge in [0.2, 0.25) is 0 Å². The minimum Gasteiger partial charge on any atom is -0.453 e. The average Bonchev–Trinajstić information content (AvgIpc) is 2.60. The number of methoxy groups -OCH3 is 1.